The van der Waals surface area contributed by atoms with E-state index < -0.39 is 0 Å². The van der Waals surface area contributed by atoms with Crippen LogP contribution in [0.25, 0.3) is 0 Å². The lowest BCUT2D eigenvalue weighted by molar-refractivity contribution is 0.0985. The molecule has 1 aromatic rings. The van der Waals surface area contributed by atoms with Crippen LogP contribution in [0.1, 0.15) is 29.6 Å². The molecule has 0 amide bonds. The van der Waals surface area contributed by atoms with E-state index in [-0.39, 0.29) is 11.0 Å². The van der Waals surface area contributed by atoms with Crippen molar-refractivity contribution in [2.24, 2.45) is 0 Å². The van der Waals surface area contributed by atoms with E-state index in [2.05, 4.69) is 0 Å². The zero-order chi connectivity index (χ0) is 11.5. The molecule has 1 aliphatic rings. The highest BCUT2D eigenvalue weighted by atomic mass is 35.5. The summed E-state index contributed by atoms with van der Waals surface area (Å²) in [7, 11) is 0. The van der Waals surface area contributed by atoms with E-state index in [0.29, 0.717) is 15.6 Å². The summed E-state index contributed by atoms with van der Waals surface area (Å²) in [5.41, 5.74) is 0.491. The lowest BCUT2D eigenvalue weighted by Gasteiger charge is -2.20. The van der Waals surface area contributed by atoms with E-state index >= 15 is 0 Å². The van der Waals surface area contributed by atoms with Gasteiger partial charge in [0.15, 0.2) is 5.78 Å². The number of ketones is 1. The molecular weight excluding hydrogens is 263 g/mol. The van der Waals surface area contributed by atoms with Gasteiger partial charge in [-0.05, 0) is 30.7 Å². The molecule has 0 spiro atoms. The first-order valence-electron chi connectivity index (χ1n) is 5.30. The summed E-state index contributed by atoms with van der Waals surface area (Å²) in [5.74, 6) is 1.14. The molecular formula is C12H12Cl2OS. The SMILES string of the molecule is O=C(c1c(Cl)cccc1Cl)C1CCCCS1. The maximum Gasteiger partial charge on any atom is 0.178 e. The summed E-state index contributed by atoms with van der Waals surface area (Å²) < 4.78 is 0. The molecule has 0 radical (unpaired) electrons. The average Bonchev–Trinajstić information content (AvgIpc) is 2.30. The van der Waals surface area contributed by atoms with Gasteiger partial charge in [-0.25, -0.2) is 0 Å². The van der Waals surface area contributed by atoms with E-state index in [1.807, 2.05) is 0 Å². The molecule has 1 aliphatic heterocycles. The van der Waals surface area contributed by atoms with E-state index in [9.17, 15) is 4.79 Å². The van der Waals surface area contributed by atoms with Gasteiger partial charge in [0.25, 0.3) is 0 Å². The van der Waals surface area contributed by atoms with Crippen molar-refractivity contribution in [1.82, 2.24) is 0 Å². The third-order valence-corrected chi connectivity index (χ3v) is 4.69. The molecule has 16 heavy (non-hydrogen) atoms. The van der Waals surface area contributed by atoms with E-state index in [1.165, 1.54) is 6.42 Å². The van der Waals surface area contributed by atoms with Crippen LogP contribution >= 0.6 is 35.0 Å². The van der Waals surface area contributed by atoms with Crippen LogP contribution in [0.15, 0.2) is 18.2 Å². The molecule has 1 atom stereocenters. The van der Waals surface area contributed by atoms with Crippen LogP contribution in [0, 0.1) is 0 Å². The molecule has 0 aliphatic carbocycles. The highest BCUT2D eigenvalue weighted by Gasteiger charge is 2.26. The Morgan fingerprint density at radius 3 is 2.50 bits per heavy atom. The van der Waals surface area contributed by atoms with Crippen molar-refractivity contribution in [3.8, 4) is 0 Å². The number of Topliss-reactive ketones (excluding diaryl/α,β-unsaturated/α-hetero) is 1. The Labute approximate surface area is 110 Å². The number of hydrogen-bond acceptors (Lipinski definition) is 2. The molecule has 86 valence electrons. The predicted octanol–water partition coefficient (Wildman–Crippen LogP) is 4.46. The van der Waals surface area contributed by atoms with Crippen molar-refractivity contribution in [3.05, 3.63) is 33.8 Å². The minimum absolute atomic E-state index is 0.0335. The molecule has 1 aromatic carbocycles. The molecule has 0 bridgehead atoms. The van der Waals surface area contributed by atoms with Crippen LogP contribution in [0.4, 0.5) is 0 Å². The quantitative estimate of drug-likeness (QED) is 0.741. The van der Waals surface area contributed by atoms with Crippen LogP contribution < -0.4 is 0 Å². The second kappa shape index (κ2) is 5.44. The Morgan fingerprint density at radius 2 is 1.94 bits per heavy atom. The molecule has 1 saturated heterocycles. The monoisotopic (exact) mass is 274 g/mol. The van der Waals surface area contributed by atoms with E-state index in [0.717, 1.165) is 18.6 Å². The second-order valence-electron chi connectivity index (χ2n) is 3.82. The third-order valence-electron chi connectivity index (χ3n) is 2.68. The number of hydrogen-bond donors (Lipinski definition) is 0. The summed E-state index contributed by atoms with van der Waals surface area (Å²) in [6.07, 6.45) is 3.25. The van der Waals surface area contributed by atoms with Gasteiger partial charge in [0.05, 0.1) is 20.9 Å². The van der Waals surface area contributed by atoms with Gasteiger partial charge in [0.1, 0.15) is 0 Å². The van der Waals surface area contributed by atoms with Gasteiger partial charge in [0, 0.05) is 0 Å². The van der Waals surface area contributed by atoms with Gasteiger partial charge >= 0.3 is 0 Å². The number of thioether (sulfide) groups is 1. The molecule has 0 saturated carbocycles. The van der Waals surface area contributed by atoms with Gasteiger partial charge in [-0.15, -0.1) is 0 Å². The summed E-state index contributed by atoms with van der Waals surface area (Å²) >= 11 is 13.8. The maximum atomic E-state index is 12.3. The van der Waals surface area contributed by atoms with Gasteiger partial charge in [0.2, 0.25) is 0 Å². The van der Waals surface area contributed by atoms with Crippen LogP contribution in [0.3, 0.4) is 0 Å². The fourth-order valence-electron chi connectivity index (χ4n) is 1.84. The van der Waals surface area contributed by atoms with Crippen molar-refractivity contribution in [2.75, 3.05) is 5.75 Å². The Balaban J connectivity index is 2.26. The first kappa shape index (κ1) is 12.3. The van der Waals surface area contributed by atoms with Crippen molar-refractivity contribution >= 4 is 40.7 Å². The zero-order valence-electron chi connectivity index (χ0n) is 8.71. The number of carbonyl (C=O) groups is 1. The Morgan fingerprint density at radius 1 is 1.25 bits per heavy atom. The first-order valence-corrected chi connectivity index (χ1v) is 7.10. The summed E-state index contributed by atoms with van der Waals surface area (Å²) in [6.45, 7) is 0. The summed E-state index contributed by atoms with van der Waals surface area (Å²) in [5, 5.41) is 0.957. The van der Waals surface area contributed by atoms with Gasteiger partial charge < -0.3 is 0 Å². The summed E-state index contributed by atoms with van der Waals surface area (Å²) in [4.78, 5) is 12.3. The normalized spacial score (nSPS) is 20.8. The Bertz CT molecular complexity index is 380. The third kappa shape index (κ3) is 2.55. The average molecular weight is 275 g/mol. The largest absolute Gasteiger partial charge is 0.293 e. The molecule has 2 rings (SSSR count). The number of benzene rings is 1. The second-order valence-corrected chi connectivity index (χ2v) is 5.94. The molecule has 1 fully saturated rings. The lowest BCUT2D eigenvalue weighted by atomic mass is 10.0. The Kier molecular flexibility index (Phi) is 4.17. The van der Waals surface area contributed by atoms with Crippen molar-refractivity contribution in [1.29, 1.82) is 0 Å². The molecule has 0 N–H and O–H groups in total. The number of halogens is 2. The molecule has 1 unspecified atom stereocenters. The van der Waals surface area contributed by atoms with E-state index in [1.54, 1.807) is 30.0 Å². The molecule has 1 heterocycles. The maximum absolute atomic E-state index is 12.3. The van der Waals surface area contributed by atoms with E-state index in [4.69, 9.17) is 23.2 Å². The van der Waals surface area contributed by atoms with Crippen LogP contribution in [0.5, 0.6) is 0 Å². The van der Waals surface area contributed by atoms with Crippen LogP contribution in [-0.2, 0) is 0 Å². The Hall–Kier alpha value is -0.180. The van der Waals surface area contributed by atoms with Crippen LogP contribution in [0.2, 0.25) is 10.0 Å². The van der Waals surface area contributed by atoms with Gasteiger partial charge in [-0.2, -0.15) is 11.8 Å². The van der Waals surface area contributed by atoms with Crippen molar-refractivity contribution < 1.29 is 4.79 Å². The zero-order valence-corrected chi connectivity index (χ0v) is 11.0. The highest BCUT2D eigenvalue weighted by Crippen LogP contribution is 2.32. The minimum atomic E-state index is 0.0335. The molecule has 4 heteroatoms. The number of rotatable bonds is 2. The van der Waals surface area contributed by atoms with Crippen molar-refractivity contribution in [3.63, 3.8) is 0 Å². The van der Waals surface area contributed by atoms with Gasteiger partial charge in [-0.3, -0.25) is 4.79 Å². The standard InChI is InChI=1S/C12H12Cl2OS/c13-8-4-3-5-9(14)11(8)12(15)10-6-1-2-7-16-10/h3-5,10H,1-2,6-7H2. The number of carbonyl (C=O) groups excluding carboxylic acids is 1. The lowest BCUT2D eigenvalue weighted by Crippen LogP contribution is -2.21. The topological polar surface area (TPSA) is 17.1 Å². The predicted molar refractivity (Wildman–Crippen MR) is 70.9 cm³/mol. The smallest absolute Gasteiger partial charge is 0.178 e. The highest BCUT2D eigenvalue weighted by molar-refractivity contribution is 8.00. The minimum Gasteiger partial charge on any atom is -0.293 e. The van der Waals surface area contributed by atoms with Crippen molar-refractivity contribution in [2.45, 2.75) is 24.5 Å². The molecule has 0 aromatic heterocycles. The van der Waals surface area contributed by atoms with Crippen LogP contribution in [-0.4, -0.2) is 16.8 Å². The fraction of sp³-hybridized carbons (Fsp3) is 0.417. The van der Waals surface area contributed by atoms with Gasteiger partial charge in [-0.1, -0.05) is 35.7 Å². The first-order chi connectivity index (χ1) is 7.70. The fourth-order valence-corrected chi connectivity index (χ4v) is 3.68. The summed E-state index contributed by atoms with van der Waals surface area (Å²) in [6, 6.07) is 5.19. The molecule has 1 nitrogen and oxygen atoms in total.